The second-order valence-corrected chi connectivity index (χ2v) is 8.50. The van der Waals surface area contributed by atoms with Gasteiger partial charge in [-0.3, -0.25) is 9.59 Å². The number of nitrogens with zero attached hydrogens (tertiary/aromatic N) is 1. The number of fused-ring (bicyclic) bond motifs is 3. The number of carboxylic acids is 1. The minimum absolute atomic E-state index is 0.0268. The van der Waals surface area contributed by atoms with Crippen LogP contribution in [0.2, 0.25) is 0 Å². The van der Waals surface area contributed by atoms with Gasteiger partial charge in [0.2, 0.25) is 5.91 Å². The Morgan fingerprint density at radius 3 is 2.14 bits per heavy atom. The van der Waals surface area contributed by atoms with Crippen molar-refractivity contribution in [2.24, 2.45) is 0 Å². The molecule has 0 radical (unpaired) electrons. The Morgan fingerprint density at radius 1 is 0.889 bits per heavy atom. The first-order valence-corrected chi connectivity index (χ1v) is 11.8. The summed E-state index contributed by atoms with van der Waals surface area (Å²) in [5.74, 6) is -1.32. The molecule has 0 unspecified atom stereocenters. The predicted molar refractivity (Wildman–Crippen MR) is 136 cm³/mol. The van der Waals surface area contributed by atoms with Gasteiger partial charge in [-0.05, 0) is 27.8 Å². The van der Waals surface area contributed by atoms with Crippen LogP contribution in [0.5, 0.6) is 0 Å². The Bertz CT molecular complexity index is 1210. The van der Waals surface area contributed by atoms with E-state index in [9.17, 15) is 14.4 Å². The molecular weight excluding hydrogens is 456 g/mol. The Morgan fingerprint density at radius 2 is 1.50 bits per heavy atom. The summed E-state index contributed by atoms with van der Waals surface area (Å²) >= 11 is 0. The number of ether oxygens (including phenoxy) is 1. The van der Waals surface area contributed by atoms with Crippen LogP contribution in [-0.2, 0) is 20.9 Å². The van der Waals surface area contributed by atoms with Crippen molar-refractivity contribution in [2.75, 3.05) is 19.7 Å². The summed E-state index contributed by atoms with van der Waals surface area (Å²) in [7, 11) is 0. The van der Waals surface area contributed by atoms with Crippen LogP contribution in [0.25, 0.3) is 11.1 Å². The Balaban J connectivity index is 1.28. The first-order valence-electron chi connectivity index (χ1n) is 11.8. The molecule has 0 aliphatic heterocycles. The Hall–Kier alpha value is -4.39. The molecule has 3 aromatic carbocycles. The summed E-state index contributed by atoms with van der Waals surface area (Å²) in [5.41, 5.74) is 5.49. The zero-order valence-corrected chi connectivity index (χ0v) is 19.8. The van der Waals surface area contributed by atoms with E-state index in [-0.39, 0.29) is 37.9 Å². The zero-order chi connectivity index (χ0) is 25.3. The summed E-state index contributed by atoms with van der Waals surface area (Å²) in [6.07, 6.45) is 2.16. The maximum Gasteiger partial charge on any atom is 0.407 e. The molecule has 0 saturated carbocycles. The Labute approximate surface area is 210 Å². The van der Waals surface area contributed by atoms with Crippen molar-refractivity contribution in [3.8, 4) is 11.1 Å². The van der Waals surface area contributed by atoms with Crippen LogP contribution >= 0.6 is 0 Å². The molecule has 4 rings (SSSR count). The van der Waals surface area contributed by atoms with Crippen molar-refractivity contribution in [1.82, 2.24) is 10.2 Å². The van der Waals surface area contributed by atoms with E-state index in [1.807, 2.05) is 54.6 Å². The molecule has 0 atom stereocenters. The highest BCUT2D eigenvalue weighted by Gasteiger charge is 2.28. The number of carboxylic acid groups (broad SMARTS) is 1. The van der Waals surface area contributed by atoms with Gasteiger partial charge in [0.1, 0.15) is 6.61 Å². The van der Waals surface area contributed by atoms with Crippen LogP contribution in [-0.4, -0.2) is 47.7 Å². The molecule has 0 bridgehead atoms. The number of nitrogens with one attached hydrogen (secondary N) is 1. The molecule has 3 aromatic rings. The quantitative estimate of drug-likeness (QED) is 0.411. The van der Waals surface area contributed by atoms with Crippen molar-refractivity contribution in [2.45, 2.75) is 18.9 Å². The topological polar surface area (TPSA) is 95.9 Å². The van der Waals surface area contributed by atoms with Gasteiger partial charge in [-0.1, -0.05) is 84.9 Å². The molecule has 2 amide bonds. The van der Waals surface area contributed by atoms with Gasteiger partial charge < -0.3 is 20.1 Å². The van der Waals surface area contributed by atoms with Crippen molar-refractivity contribution < 1.29 is 24.2 Å². The van der Waals surface area contributed by atoms with E-state index >= 15 is 0 Å². The van der Waals surface area contributed by atoms with Crippen LogP contribution in [0, 0.1) is 0 Å². The highest BCUT2D eigenvalue weighted by molar-refractivity contribution is 5.88. The number of benzene rings is 3. The lowest BCUT2D eigenvalue weighted by atomic mass is 9.98. The van der Waals surface area contributed by atoms with Crippen LogP contribution < -0.4 is 5.32 Å². The number of carbonyl (C=O) groups excluding carboxylic acids is 2. The van der Waals surface area contributed by atoms with E-state index in [1.165, 1.54) is 17.1 Å². The molecule has 2 N–H and O–H groups in total. The molecule has 0 heterocycles. The van der Waals surface area contributed by atoms with Crippen LogP contribution in [0.15, 0.2) is 91.0 Å². The number of aliphatic carboxylic acids is 1. The normalized spacial score (nSPS) is 12.1. The molecule has 1 aliphatic rings. The molecule has 36 heavy (non-hydrogen) atoms. The number of rotatable bonds is 10. The third-order valence-electron chi connectivity index (χ3n) is 6.09. The first kappa shape index (κ1) is 24.7. The molecule has 0 fully saturated rings. The zero-order valence-electron chi connectivity index (χ0n) is 19.8. The Kier molecular flexibility index (Phi) is 8.13. The second-order valence-electron chi connectivity index (χ2n) is 8.50. The maximum atomic E-state index is 12.6. The van der Waals surface area contributed by atoms with Gasteiger partial charge >= 0.3 is 12.1 Å². The summed E-state index contributed by atoms with van der Waals surface area (Å²) in [4.78, 5) is 37.4. The highest BCUT2D eigenvalue weighted by Crippen LogP contribution is 2.44. The maximum absolute atomic E-state index is 12.6. The largest absolute Gasteiger partial charge is 0.481 e. The fourth-order valence-corrected chi connectivity index (χ4v) is 4.36. The van der Waals surface area contributed by atoms with Gasteiger partial charge in [-0.25, -0.2) is 4.79 Å². The van der Waals surface area contributed by atoms with E-state index in [4.69, 9.17) is 9.84 Å². The fourth-order valence-electron chi connectivity index (χ4n) is 4.36. The van der Waals surface area contributed by atoms with Gasteiger partial charge in [0, 0.05) is 31.6 Å². The predicted octanol–water partition coefficient (Wildman–Crippen LogP) is 4.58. The lowest BCUT2D eigenvalue weighted by Gasteiger charge is -2.20. The van der Waals surface area contributed by atoms with Gasteiger partial charge in [0.25, 0.3) is 0 Å². The lowest BCUT2D eigenvalue weighted by molar-refractivity contribution is -0.138. The number of amides is 2. The molecule has 0 aromatic heterocycles. The lowest BCUT2D eigenvalue weighted by Crippen LogP contribution is -2.31. The molecule has 0 saturated heterocycles. The molecule has 7 heteroatoms. The van der Waals surface area contributed by atoms with Crippen LogP contribution in [0.4, 0.5) is 4.79 Å². The van der Waals surface area contributed by atoms with E-state index < -0.39 is 12.1 Å². The summed E-state index contributed by atoms with van der Waals surface area (Å²) in [6, 6.07) is 25.6. The summed E-state index contributed by atoms with van der Waals surface area (Å²) in [5, 5.41) is 11.6. The smallest absolute Gasteiger partial charge is 0.407 e. The van der Waals surface area contributed by atoms with Crippen molar-refractivity contribution in [3.63, 3.8) is 0 Å². The average molecular weight is 485 g/mol. The minimum atomic E-state index is -0.971. The minimum Gasteiger partial charge on any atom is -0.481 e. The molecule has 1 aliphatic carbocycles. The van der Waals surface area contributed by atoms with Crippen LogP contribution in [0.3, 0.4) is 0 Å². The summed E-state index contributed by atoms with van der Waals surface area (Å²) in [6.45, 7) is 0.716. The molecule has 7 nitrogen and oxygen atoms in total. The van der Waals surface area contributed by atoms with E-state index in [0.29, 0.717) is 6.54 Å². The number of carbonyl (C=O) groups is 3. The number of hydrogen-bond acceptors (Lipinski definition) is 4. The fraction of sp³-hybridized carbons (Fsp3) is 0.207. The van der Waals surface area contributed by atoms with Crippen molar-refractivity contribution in [1.29, 1.82) is 0 Å². The number of alkyl carbamates (subject to hydrolysis) is 1. The van der Waals surface area contributed by atoms with E-state index in [1.54, 1.807) is 0 Å². The SMILES string of the molecule is O=C(O)CCN(Cc1ccccc1)C(=O)/C=C/CNC(=O)OCC1c2ccccc2-c2ccccc21. The summed E-state index contributed by atoms with van der Waals surface area (Å²) < 4.78 is 5.49. The monoisotopic (exact) mass is 484 g/mol. The van der Waals surface area contributed by atoms with Crippen molar-refractivity contribution in [3.05, 3.63) is 108 Å². The third kappa shape index (κ3) is 6.18. The number of hydrogen-bond donors (Lipinski definition) is 2. The standard InChI is InChI=1S/C29H28N2O5/c32-27(31(18-16-28(33)34)19-21-9-2-1-3-10-21)15-8-17-30-29(35)36-20-26-24-13-6-4-11-22(24)23-12-5-7-14-25(23)26/h1-15,26H,16-20H2,(H,30,35)(H,33,34)/b15-8+. The van der Waals surface area contributed by atoms with Gasteiger partial charge in [0.15, 0.2) is 0 Å². The van der Waals surface area contributed by atoms with Gasteiger partial charge in [0.05, 0.1) is 6.42 Å². The van der Waals surface area contributed by atoms with Gasteiger partial charge in [-0.15, -0.1) is 0 Å². The third-order valence-corrected chi connectivity index (χ3v) is 6.09. The molecular formula is C29H28N2O5. The molecule has 184 valence electrons. The van der Waals surface area contributed by atoms with Gasteiger partial charge in [-0.2, -0.15) is 0 Å². The van der Waals surface area contributed by atoms with E-state index in [2.05, 4.69) is 29.6 Å². The average Bonchev–Trinajstić information content (AvgIpc) is 3.22. The highest BCUT2D eigenvalue weighted by atomic mass is 16.5. The second kappa shape index (κ2) is 11.8. The van der Waals surface area contributed by atoms with Crippen molar-refractivity contribution >= 4 is 18.0 Å². The van der Waals surface area contributed by atoms with E-state index in [0.717, 1.165) is 27.8 Å². The van der Waals surface area contributed by atoms with Crippen LogP contribution in [0.1, 0.15) is 29.0 Å². The first-order chi connectivity index (χ1) is 17.5. The molecule has 0 spiro atoms.